The molecule has 0 saturated carbocycles. The highest BCUT2D eigenvalue weighted by Gasteiger charge is 2.38. The van der Waals surface area contributed by atoms with Gasteiger partial charge in [0.05, 0.1) is 6.10 Å². The molecule has 1 spiro atoms. The SMILES string of the molecule is CC1CC2(CCO1)CCC(=O)NC2. The molecule has 1 amide bonds. The van der Waals surface area contributed by atoms with Crippen LogP contribution in [0, 0.1) is 5.41 Å². The summed E-state index contributed by atoms with van der Waals surface area (Å²) in [5.41, 5.74) is 0.353. The van der Waals surface area contributed by atoms with E-state index in [0.29, 0.717) is 17.9 Å². The van der Waals surface area contributed by atoms with Gasteiger partial charge in [-0.2, -0.15) is 0 Å². The molecular formula is C10H17NO2. The van der Waals surface area contributed by atoms with Gasteiger partial charge in [0.1, 0.15) is 0 Å². The predicted molar refractivity (Wildman–Crippen MR) is 49.3 cm³/mol. The Kier molecular flexibility index (Phi) is 2.28. The van der Waals surface area contributed by atoms with Crippen LogP contribution in [0.2, 0.25) is 0 Å². The standard InChI is InChI=1S/C10H17NO2/c1-8-6-10(4-5-13-8)3-2-9(12)11-7-10/h8H,2-7H2,1H3,(H,11,12). The molecule has 0 aromatic rings. The molecule has 13 heavy (non-hydrogen) atoms. The Hall–Kier alpha value is -0.570. The third kappa shape index (κ3) is 1.85. The van der Waals surface area contributed by atoms with Crippen LogP contribution in [-0.2, 0) is 9.53 Å². The predicted octanol–water partition coefficient (Wildman–Crippen LogP) is 1.08. The summed E-state index contributed by atoms with van der Waals surface area (Å²) >= 11 is 0. The second kappa shape index (κ2) is 3.29. The molecule has 2 atom stereocenters. The lowest BCUT2D eigenvalue weighted by molar-refractivity contribution is -0.127. The topological polar surface area (TPSA) is 38.3 Å². The van der Waals surface area contributed by atoms with Crippen LogP contribution >= 0.6 is 0 Å². The van der Waals surface area contributed by atoms with E-state index in [4.69, 9.17) is 4.74 Å². The van der Waals surface area contributed by atoms with E-state index in [9.17, 15) is 4.79 Å². The first-order valence-electron chi connectivity index (χ1n) is 5.09. The fourth-order valence-electron chi connectivity index (χ4n) is 2.48. The van der Waals surface area contributed by atoms with Crippen LogP contribution in [0.25, 0.3) is 0 Å². The van der Waals surface area contributed by atoms with Gasteiger partial charge in [-0.3, -0.25) is 4.79 Å². The molecule has 2 heterocycles. The number of rotatable bonds is 0. The lowest BCUT2D eigenvalue weighted by Gasteiger charge is -2.42. The molecular weight excluding hydrogens is 166 g/mol. The van der Waals surface area contributed by atoms with Crippen LogP contribution < -0.4 is 5.32 Å². The van der Waals surface area contributed by atoms with Crippen LogP contribution in [-0.4, -0.2) is 25.2 Å². The van der Waals surface area contributed by atoms with Crippen molar-refractivity contribution >= 4 is 5.91 Å². The number of nitrogens with one attached hydrogen (secondary N) is 1. The smallest absolute Gasteiger partial charge is 0.220 e. The molecule has 0 aromatic carbocycles. The molecule has 1 N–H and O–H groups in total. The quantitative estimate of drug-likeness (QED) is 0.610. The minimum Gasteiger partial charge on any atom is -0.378 e. The average molecular weight is 183 g/mol. The molecule has 0 aliphatic carbocycles. The number of hydrogen-bond acceptors (Lipinski definition) is 2. The van der Waals surface area contributed by atoms with Crippen molar-refractivity contribution in [2.45, 2.75) is 38.7 Å². The Morgan fingerprint density at radius 3 is 3.00 bits per heavy atom. The highest BCUT2D eigenvalue weighted by molar-refractivity contribution is 5.76. The molecule has 2 saturated heterocycles. The van der Waals surface area contributed by atoms with Gasteiger partial charge in [-0.05, 0) is 31.6 Å². The molecule has 3 nitrogen and oxygen atoms in total. The summed E-state index contributed by atoms with van der Waals surface area (Å²) < 4.78 is 5.52. The third-order valence-corrected chi connectivity index (χ3v) is 3.30. The monoisotopic (exact) mass is 183 g/mol. The second-order valence-electron chi connectivity index (χ2n) is 4.41. The van der Waals surface area contributed by atoms with Crippen LogP contribution in [0.5, 0.6) is 0 Å². The van der Waals surface area contributed by atoms with Crippen molar-refractivity contribution < 1.29 is 9.53 Å². The Bertz CT molecular complexity index is 205. The van der Waals surface area contributed by atoms with Crippen LogP contribution in [0.4, 0.5) is 0 Å². The summed E-state index contributed by atoms with van der Waals surface area (Å²) in [4.78, 5) is 11.0. The fraction of sp³-hybridized carbons (Fsp3) is 0.900. The van der Waals surface area contributed by atoms with E-state index in [1.54, 1.807) is 0 Å². The Morgan fingerprint density at radius 1 is 1.54 bits per heavy atom. The lowest BCUT2D eigenvalue weighted by Crippen LogP contribution is -2.47. The van der Waals surface area contributed by atoms with Gasteiger partial charge in [-0.1, -0.05) is 0 Å². The zero-order valence-corrected chi connectivity index (χ0v) is 8.14. The van der Waals surface area contributed by atoms with Gasteiger partial charge in [-0.25, -0.2) is 0 Å². The Balaban J connectivity index is 1.99. The van der Waals surface area contributed by atoms with E-state index in [2.05, 4.69) is 12.2 Å². The number of ether oxygens (including phenoxy) is 1. The normalized spacial score (nSPS) is 40.4. The van der Waals surface area contributed by atoms with Crippen molar-refractivity contribution in [2.24, 2.45) is 5.41 Å². The minimum atomic E-state index is 0.213. The summed E-state index contributed by atoms with van der Waals surface area (Å²) in [6.45, 7) is 3.84. The van der Waals surface area contributed by atoms with Crippen molar-refractivity contribution in [2.75, 3.05) is 13.2 Å². The van der Waals surface area contributed by atoms with Gasteiger partial charge in [0.15, 0.2) is 0 Å². The number of amides is 1. The van der Waals surface area contributed by atoms with E-state index in [0.717, 1.165) is 32.4 Å². The van der Waals surface area contributed by atoms with Crippen LogP contribution in [0.15, 0.2) is 0 Å². The molecule has 2 unspecified atom stereocenters. The van der Waals surface area contributed by atoms with E-state index in [1.807, 2.05) is 0 Å². The maximum atomic E-state index is 11.0. The van der Waals surface area contributed by atoms with Gasteiger partial charge in [-0.15, -0.1) is 0 Å². The Morgan fingerprint density at radius 2 is 2.38 bits per heavy atom. The fourth-order valence-corrected chi connectivity index (χ4v) is 2.48. The molecule has 2 rings (SSSR count). The largest absolute Gasteiger partial charge is 0.378 e. The van der Waals surface area contributed by atoms with Crippen molar-refractivity contribution in [3.05, 3.63) is 0 Å². The number of carbonyl (C=O) groups excluding carboxylic acids is 1. The van der Waals surface area contributed by atoms with E-state index < -0.39 is 0 Å². The molecule has 2 aliphatic rings. The van der Waals surface area contributed by atoms with E-state index in [1.165, 1.54) is 0 Å². The zero-order valence-electron chi connectivity index (χ0n) is 8.14. The van der Waals surface area contributed by atoms with Crippen LogP contribution in [0.1, 0.15) is 32.6 Å². The summed E-state index contributed by atoms with van der Waals surface area (Å²) in [7, 11) is 0. The number of carbonyl (C=O) groups is 1. The molecule has 0 bridgehead atoms. The average Bonchev–Trinajstić information content (AvgIpc) is 2.11. The first-order valence-corrected chi connectivity index (χ1v) is 5.09. The second-order valence-corrected chi connectivity index (χ2v) is 4.41. The van der Waals surface area contributed by atoms with E-state index >= 15 is 0 Å². The summed E-state index contributed by atoms with van der Waals surface area (Å²) in [6, 6.07) is 0. The molecule has 2 fully saturated rings. The highest BCUT2D eigenvalue weighted by atomic mass is 16.5. The minimum absolute atomic E-state index is 0.213. The van der Waals surface area contributed by atoms with E-state index in [-0.39, 0.29) is 5.91 Å². The first kappa shape index (κ1) is 9.00. The van der Waals surface area contributed by atoms with Gasteiger partial charge >= 0.3 is 0 Å². The summed E-state index contributed by atoms with van der Waals surface area (Å²) in [6.07, 6.45) is 4.33. The van der Waals surface area contributed by atoms with Gasteiger partial charge in [0.2, 0.25) is 5.91 Å². The Labute approximate surface area is 78.8 Å². The highest BCUT2D eigenvalue weighted by Crippen LogP contribution is 2.38. The van der Waals surface area contributed by atoms with Crippen molar-refractivity contribution in [3.63, 3.8) is 0 Å². The third-order valence-electron chi connectivity index (χ3n) is 3.30. The maximum absolute atomic E-state index is 11.0. The molecule has 74 valence electrons. The van der Waals surface area contributed by atoms with Gasteiger partial charge < -0.3 is 10.1 Å². The lowest BCUT2D eigenvalue weighted by atomic mass is 9.73. The maximum Gasteiger partial charge on any atom is 0.220 e. The van der Waals surface area contributed by atoms with Gasteiger partial charge in [0.25, 0.3) is 0 Å². The van der Waals surface area contributed by atoms with Crippen molar-refractivity contribution in [3.8, 4) is 0 Å². The molecule has 0 aromatic heterocycles. The van der Waals surface area contributed by atoms with Crippen molar-refractivity contribution in [1.82, 2.24) is 5.32 Å². The molecule has 0 radical (unpaired) electrons. The summed E-state index contributed by atoms with van der Waals surface area (Å²) in [5, 5.41) is 2.97. The number of piperidine rings is 1. The molecule has 3 heteroatoms. The van der Waals surface area contributed by atoms with Crippen molar-refractivity contribution in [1.29, 1.82) is 0 Å². The first-order chi connectivity index (χ1) is 6.20. The number of hydrogen-bond donors (Lipinski definition) is 1. The summed E-state index contributed by atoms with van der Waals surface area (Å²) in [5.74, 6) is 0.213. The van der Waals surface area contributed by atoms with Crippen LogP contribution in [0.3, 0.4) is 0 Å². The van der Waals surface area contributed by atoms with Gasteiger partial charge in [0, 0.05) is 19.6 Å². The zero-order chi connectivity index (χ0) is 9.31. The molecule has 2 aliphatic heterocycles.